The molecule has 0 fully saturated rings. The third kappa shape index (κ3) is 4.29. The van der Waals surface area contributed by atoms with Crippen molar-refractivity contribution in [3.05, 3.63) is 35.9 Å². The predicted molar refractivity (Wildman–Crippen MR) is 72.3 cm³/mol. The second-order valence-corrected chi connectivity index (χ2v) is 3.82. The molecular weight excluding hydrogens is 230 g/mol. The number of anilines is 2. The molecule has 0 aliphatic heterocycles. The van der Waals surface area contributed by atoms with E-state index in [2.05, 4.69) is 10.6 Å². The summed E-state index contributed by atoms with van der Waals surface area (Å²) in [7, 11) is 0. The molecule has 0 saturated carbocycles. The molecule has 0 heterocycles. The topological polar surface area (TPSA) is 84.2 Å². The Hall–Kier alpha value is -2.30. The minimum Gasteiger partial charge on any atom is -0.351 e. The summed E-state index contributed by atoms with van der Waals surface area (Å²) in [5.41, 5.74) is 6.82. The van der Waals surface area contributed by atoms with Crippen LogP contribution in [0.5, 0.6) is 0 Å². The highest BCUT2D eigenvalue weighted by atomic mass is 16.2. The summed E-state index contributed by atoms with van der Waals surface area (Å²) in [5.74, 6) is -0.159. The average molecular weight is 247 g/mol. The van der Waals surface area contributed by atoms with E-state index in [9.17, 15) is 9.59 Å². The highest BCUT2D eigenvalue weighted by Gasteiger charge is 2.05. The van der Waals surface area contributed by atoms with Gasteiger partial charge in [-0.1, -0.05) is 19.1 Å². The smallest absolute Gasteiger partial charge is 0.316 e. The summed E-state index contributed by atoms with van der Waals surface area (Å²) in [4.78, 5) is 22.5. The van der Waals surface area contributed by atoms with Crippen molar-refractivity contribution in [1.29, 1.82) is 0 Å². The van der Waals surface area contributed by atoms with Crippen LogP contribution in [0, 0.1) is 0 Å². The van der Waals surface area contributed by atoms with Gasteiger partial charge in [-0.05, 0) is 31.5 Å². The Balaban J connectivity index is 2.76. The number of primary amides is 1. The Kier molecular flexibility index (Phi) is 4.92. The summed E-state index contributed by atoms with van der Waals surface area (Å²) in [6.45, 7) is 3.72. The maximum Gasteiger partial charge on any atom is 0.316 e. The first-order valence-electron chi connectivity index (χ1n) is 5.67. The molecule has 1 aromatic carbocycles. The average Bonchev–Trinajstić information content (AvgIpc) is 2.28. The van der Waals surface area contributed by atoms with Crippen LogP contribution in [0.4, 0.5) is 16.2 Å². The molecule has 0 unspecified atom stereocenters. The van der Waals surface area contributed by atoms with E-state index < -0.39 is 6.03 Å². The van der Waals surface area contributed by atoms with Crippen molar-refractivity contribution < 1.29 is 9.59 Å². The molecule has 0 aliphatic rings. The lowest BCUT2D eigenvalue weighted by molar-refractivity contribution is -0.112. The maximum atomic E-state index is 11.7. The second kappa shape index (κ2) is 6.44. The number of urea groups is 1. The molecule has 0 atom stereocenters. The fourth-order valence-electron chi connectivity index (χ4n) is 1.45. The predicted octanol–water partition coefficient (Wildman–Crippen LogP) is 2.47. The number of benzene rings is 1. The van der Waals surface area contributed by atoms with Crippen molar-refractivity contribution in [2.45, 2.75) is 20.3 Å². The van der Waals surface area contributed by atoms with E-state index in [1.54, 1.807) is 31.2 Å². The minimum atomic E-state index is -0.638. The standard InChI is InChI=1S/C13H17N3O2/c1-3-5-9(2)12(17)15-10-6-4-7-11(8-10)16-13(14)18/h4-8H,3H2,1-2H3,(H,15,17)(H3,14,16,18)/b9-5-. The zero-order valence-corrected chi connectivity index (χ0v) is 10.5. The Morgan fingerprint density at radius 1 is 1.28 bits per heavy atom. The van der Waals surface area contributed by atoms with E-state index in [1.807, 2.05) is 13.0 Å². The molecule has 0 bridgehead atoms. The molecule has 0 spiro atoms. The van der Waals surface area contributed by atoms with Gasteiger partial charge in [-0.3, -0.25) is 4.79 Å². The van der Waals surface area contributed by atoms with Crippen LogP contribution in [0.3, 0.4) is 0 Å². The number of hydrogen-bond acceptors (Lipinski definition) is 2. The number of amides is 3. The highest BCUT2D eigenvalue weighted by Crippen LogP contribution is 2.15. The number of carbonyl (C=O) groups is 2. The van der Waals surface area contributed by atoms with Crippen LogP contribution in [0.25, 0.3) is 0 Å². The molecule has 5 nitrogen and oxygen atoms in total. The molecule has 96 valence electrons. The number of allylic oxidation sites excluding steroid dienone is 1. The third-order valence-corrected chi connectivity index (χ3v) is 2.26. The van der Waals surface area contributed by atoms with Gasteiger partial charge in [0.25, 0.3) is 5.91 Å². The van der Waals surface area contributed by atoms with E-state index in [0.29, 0.717) is 16.9 Å². The molecule has 18 heavy (non-hydrogen) atoms. The summed E-state index contributed by atoms with van der Waals surface area (Å²) in [5, 5.41) is 5.19. The number of nitrogens with one attached hydrogen (secondary N) is 2. The minimum absolute atomic E-state index is 0.159. The summed E-state index contributed by atoms with van der Waals surface area (Å²) < 4.78 is 0. The van der Waals surface area contributed by atoms with Crippen molar-refractivity contribution >= 4 is 23.3 Å². The van der Waals surface area contributed by atoms with Crippen molar-refractivity contribution in [1.82, 2.24) is 0 Å². The zero-order valence-electron chi connectivity index (χ0n) is 10.5. The van der Waals surface area contributed by atoms with E-state index >= 15 is 0 Å². The monoisotopic (exact) mass is 247 g/mol. The van der Waals surface area contributed by atoms with Crippen LogP contribution in [0.1, 0.15) is 20.3 Å². The highest BCUT2D eigenvalue weighted by molar-refractivity contribution is 6.03. The SMILES string of the molecule is CC/C=C(/C)C(=O)Nc1cccc(NC(N)=O)c1. The molecule has 0 saturated heterocycles. The van der Waals surface area contributed by atoms with Gasteiger partial charge in [0.05, 0.1) is 0 Å². The quantitative estimate of drug-likeness (QED) is 0.714. The number of hydrogen-bond donors (Lipinski definition) is 3. The normalized spacial score (nSPS) is 10.9. The first kappa shape index (κ1) is 13.8. The van der Waals surface area contributed by atoms with E-state index in [1.165, 1.54) is 0 Å². The van der Waals surface area contributed by atoms with Gasteiger partial charge in [0.15, 0.2) is 0 Å². The van der Waals surface area contributed by atoms with Gasteiger partial charge in [0.2, 0.25) is 0 Å². The van der Waals surface area contributed by atoms with Crippen LogP contribution in [0.2, 0.25) is 0 Å². The molecule has 1 rings (SSSR count). The van der Waals surface area contributed by atoms with Gasteiger partial charge in [0.1, 0.15) is 0 Å². The van der Waals surface area contributed by atoms with Crippen molar-refractivity contribution in [3.8, 4) is 0 Å². The molecule has 1 aromatic rings. The third-order valence-electron chi connectivity index (χ3n) is 2.26. The van der Waals surface area contributed by atoms with Gasteiger partial charge >= 0.3 is 6.03 Å². The molecule has 5 heteroatoms. The summed E-state index contributed by atoms with van der Waals surface area (Å²) in [6.07, 6.45) is 2.66. The molecule has 0 aliphatic carbocycles. The largest absolute Gasteiger partial charge is 0.351 e. The summed E-state index contributed by atoms with van der Waals surface area (Å²) >= 11 is 0. The fraction of sp³-hybridized carbons (Fsp3) is 0.231. The second-order valence-electron chi connectivity index (χ2n) is 3.82. The molecule has 0 aromatic heterocycles. The Morgan fingerprint density at radius 3 is 2.44 bits per heavy atom. The van der Waals surface area contributed by atoms with Crippen LogP contribution < -0.4 is 16.4 Å². The first-order chi connectivity index (χ1) is 8.52. The van der Waals surface area contributed by atoms with Gasteiger partial charge < -0.3 is 16.4 Å². The van der Waals surface area contributed by atoms with Crippen molar-refractivity contribution in [3.63, 3.8) is 0 Å². The lowest BCUT2D eigenvalue weighted by atomic mass is 10.2. The maximum absolute atomic E-state index is 11.7. The molecule has 4 N–H and O–H groups in total. The number of carbonyl (C=O) groups excluding carboxylic acids is 2. The summed E-state index contributed by atoms with van der Waals surface area (Å²) in [6, 6.07) is 6.15. The van der Waals surface area contributed by atoms with E-state index in [0.717, 1.165) is 6.42 Å². The Labute approximate surface area is 106 Å². The van der Waals surface area contributed by atoms with E-state index in [-0.39, 0.29) is 5.91 Å². The van der Waals surface area contributed by atoms with Crippen molar-refractivity contribution in [2.24, 2.45) is 5.73 Å². The first-order valence-corrected chi connectivity index (χ1v) is 5.67. The Bertz CT molecular complexity index is 481. The van der Waals surface area contributed by atoms with Crippen LogP contribution in [-0.2, 0) is 4.79 Å². The molecular formula is C13H17N3O2. The number of rotatable bonds is 4. The number of nitrogens with two attached hydrogens (primary N) is 1. The molecule has 3 amide bonds. The van der Waals surface area contributed by atoms with E-state index in [4.69, 9.17) is 5.73 Å². The van der Waals surface area contributed by atoms with Gasteiger partial charge in [-0.2, -0.15) is 0 Å². The lowest BCUT2D eigenvalue weighted by Gasteiger charge is -2.07. The molecule has 0 radical (unpaired) electrons. The zero-order chi connectivity index (χ0) is 13.5. The lowest BCUT2D eigenvalue weighted by Crippen LogP contribution is -2.19. The van der Waals surface area contributed by atoms with Crippen molar-refractivity contribution in [2.75, 3.05) is 10.6 Å². The van der Waals surface area contributed by atoms with Crippen LogP contribution in [0.15, 0.2) is 35.9 Å². The van der Waals surface area contributed by atoms with Gasteiger partial charge in [-0.25, -0.2) is 4.79 Å². The Morgan fingerprint density at radius 2 is 1.89 bits per heavy atom. The van der Waals surface area contributed by atoms with Crippen LogP contribution >= 0.6 is 0 Å². The van der Waals surface area contributed by atoms with Gasteiger partial charge in [-0.15, -0.1) is 0 Å². The van der Waals surface area contributed by atoms with Gasteiger partial charge in [0, 0.05) is 16.9 Å². The van der Waals surface area contributed by atoms with Crippen LogP contribution in [-0.4, -0.2) is 11.9 Å². The fourth-order valence-corrected chi connectivity index (χ4v) is 1.45.